The molecule has 102 valence electrons. The van der Waals surface area contributed by atoms with Crippen molar-refractivity contribution >= 4 is 23.6 Å². The Morgan fingerprint density at radius 2 is 2.16 bits per heavy atom. The zero-order valence-corrected chi connectivity index (χ0v) is 11.5. The fourth-order valence-corrected chi connectivity index (χ4v) is 2.51. The van der Waals surface area contributed by atoms with Gasteiger partial charge in [-0.25, -0.2) is 9.97 Å². The number of nitrogens with zero attached hydrogens (tertiary/aromatic N) is 2. The number of rotatable bonds is 3. The van der Waals surface area contributed by atoms with Crippen molar-refractivity contribution in [1.82, 2.24) is 15.0 Å². The molecule has 0 spiro atoms. The van der Waals surface area contributed by atoms with Crippen LogP contribution in [0.1, 0.15) is 24.2 Å². The van der Waals surface area contributed by atoms with Crippen LogP contribution in [-0.4, -0.2) is 15.0 Å². The Bertz CT molecular complexity index is 631. The van der Waals surface area contributed by atoms with E-state index in [2.05, 4.69) is 15.0 Å². The third-order valence-corrected chi connectivity index (χ3v) is 3.58. The highest BCUT2D eigenvalue weighted by molar-refractivity contribution is 7.71. The summed E-state index contributed by atoms with van der Waals surface area (Å²) in [5, 5.41) is -0.865. The van der Waals surface area contributed by atoms with Gasteiger partial charge in [-0.3, -0.25) is 0 Å². The van der Waals surface area contributed by atoms with Crippen LogP contribution in [0.3, 0.4) is 0 Å². The lowest BCUT2D eigenvalue weighted by Gasteiger charge is -2.03. The Labute approximate surface area is 116 Å². The number of hydrogen-bond donors (Lipinski definition) is 1. The largest absolute Gasteiger partial charge is 0.443 e. The van der Waals surface area contributed by atoms with Gasteiger partial charge in [0.2, 0.25) is 0 Å². The molecule has 1 N–H and O–H groups in total. The molecule has 0 aliphatic rings. The topological polar surface area (TPSA) is 41.6 Å². The zero-order chi connectivity index (χ0) is 14.0. The Hall–Kier alpha value is -1.28. The van der Waals surface area contributed by atoms with Crippen LogP contribution >= 0.6 is 23.6 Å². The highest BCUT2D eigenvalue weighted by Crippen LogP contribution is 2.35. The summed E-state index contributed by atoms with van der Waals surface area (Å²) in [6.07, 6.45) is -1.65. The van der Waals surface area contributed by atoms with E-state index in [1.54, 1.807) is 6.07 Å². The van der Waals surface area contributed by atoms with Crippen molar-refractivity contribution in [1.29, 1.82) is 0 Å². The van der Waals surface area contributed by atoms with Crippen molar-refractivity contribution in [2.75, 3.05) is 0 Å². The minimum Gasteiger partial charge on any atom is -0.342 e. The van der Waals surface area contributed by atoms with E-state index in [1.807, 2.05) is 6.92 Å². The predicted octanol–water partition coefficient (Wildman–Crippen LogP) is 4.23. The van der Waals surface area contributed by atoms with Crippen LogP contribution in [-0.2, 0) is 12.6 Å². The molecule has 8 heteroatoms. The van der Waals surface area contributed by atoms with Gasteiger partial charge in [-0.1, -0.05) is 19.1 Å². The van der Waals surface area contributed by atoms with Crippen LogP contribution in [0.4, 0.5) is 13.2 Å². The Morgan fingerprint density at radius 1 is 1.42 bits per heavy atom. The highest BCUT2D eigenvalue weighted by Gasteiger charge is 2.34. The molecule has 0 aromatic carbocycles. The summed E-state index contributed by atoms with van der Waals surface area (Å²) in [6, 6.07) is 1.54. The van der Waals surface area contributed by atoms with Crippen LogP contribution in [0.5, 0.6) is 0 Å². The fourth-order valence-electron chi connectivity index (χ4n) is 1.53. The molecule has 19 heavy (non-hydrogen) atoms. The monoisotopic (exact) mass is 305 g/mol. The molecule has 0 bridgehead atoms. The molecule has 2 aromatic rings. The number of aromatic nitrogens is 3. The van der Waals surface area contributed by atoms with Gasteiger partial charge in [0.05, 0.1) is 10.6 Å². The number of alkyl halides is 3. The smallest absolute Gasteiger partial charge is 0.342 e. The van der Waals surface area contributed by atoms with Gasteiger partial charge in [0.25, 0.3) is 0 Å². The summed E-state index contributed by atoms with van der Waals surface area (Å²) < 4.78 is 37.9. The number of H-pyrrole nitrogens is 1. The molecule has 2 aromatic heterocycles. The van der Waals surface area contributed by atoms with Gasteiger partial charge >= 0.3 is 6.18 Å². The standard InChI is InChI=1S/C11H10F3N3S2/c1-2-3-8-16-6(4-9(18)17-8)7-5-15-10(19-7)11(12,13)14/h4-5H,2-3H2,1H3,(H,16,17,18). The highest BCUT2D eigenvalue weighted by atomic mass is 32.1. The quantitative estimate of drug-likeness (QED) is 0.863. The number of aromatic amines is 1. The SMILES string of the molecule is CCCc1nc(=S)cc(-c2cnc(C(F)(F)F)s2)[nH]1. The molecule has 0 fully saturated rings. The molecule has 0 saturated carbocycles. The van der Waals surface area contributed by atoms with Crippen molar-refractivity contribution < 1.29 is 13.2 Å². The maximum atomic E-state index is 12.5. The first-order valence-corrected chi connectivity index (χ1v) is 6.76. The molecule has 3 nitrogen and oxygen atoms in total. The minimum atomic E-state index is -4.42. The van der Waals surface area contributed by atoms with Crippen molar-refractivity contribution in [3.63, 3.8) is 0 Å². The average Bonchev–Trinajstić information content (AvgIpc) is 2.77. The number of nitrogens with one attached hydrogen (secondary N) is 1. The molecule has 0 aliphatic heterocycles. The number of hydrogen-bond acceptors (Lipinski definition) is 4. The number of halogens is 3. The minimum absolute atomic E-state index is 0.360. The Balaban J connectivity index is 2.41. The Morgan fingerprint density at radius 3 is 2.74 bits per heavy atom. The van der Waals surface area contributed by atoms with E-state index >= 15 is 0 Å². The molecule has 0 atom stereocenters. The molecular weight excluding hydrogens is 295 g/mol. The van der Waals surface area contributed by atoms with Crippen molar-refractivity contribution in [3.05, 3.63) is 27.7 Å². The third kappa shape index (κ3) is 3.38. The molecule has 2 heterocycles. The average molecular weight is 305 g/mol. The van der Waals surface area contributed by atoms with Gasteiger partial charge in [-0.05, 0) is 12.5 Å². The second-order valence-corrected chi connectivity index (χ2v) is 5.31. The maximum Gasteiger partial charge on any atom is 0.443 e. The van der Waals surface area contributed by atoms with E-state index < -0.39 is 11.2 Å². The lowest BCUT2D eigenvalue weighted by atomic mass is 10.3. The summed E-state index contributed by atoms with van der Waals surface area (Å²) in [5.41, 5.74) is 0.524. The van der Waals surface area contributed by atoms with E-state index in [0.717, 1.165) is 6.42 Å². The molecule has 0 saturated heterocycles. The summed E-state index contributed by atoms with van der Waals surface area (Å²) in [6.45, 7) is 1.99. The van der Waals surface area contributed by atoms with E-state index in [1.165, 1.54) is 6.20 Å². The van der Waals surface area contributed by atoms with Crippen LogP contribution in [0.25, 0.3) is 10.6 Å². The summed E-state index contributed by atoms with van der Waals surface area (Å²) in [7, 11) is 0. The van der Waals surface area contributed by atoms with Crippen LogP contribution in [0.15, 0.2) is 12.3 Å². The number of aryl methyl sites for hydroxylation is 1. The van der Waals surface area contributed by atoms with Crippen molar-refractivity contribution in [2.45, 2.75) is 25.9 Å². The maximum absolute atomic E-state index is 12.5. The van der Waals surface area contributed by atoms with Crippen LogP contribution < -0.4 is 0 Å². The van der Waals surface area contributed by atoms with Gasteiger partial charge < -0.3 is 4.98 Å². The second kappa shape index (κ2) is 5.38. The summed E-state index contributed by atoms with van der Waals surface area (Å²) in [4.78, 5) is 10.9. The van der Waals surface area contributed by atoms with Gasteiger partial charge in [0.1, 0.15) is 10.5 Å². The molecule has 0 aliphatic carbocycles. The van der Waals surface area contributed by atoms with Gasteiger partial charge in [-0.15, -0.1) is 11.3 Å². The van der Waals surface area contributed by atoms with E-state index in [4.69, 9.17) is 12.2 Å². The molecular formula is C11H10F3N3S2. The summed E-state index contributed by atoms with van der Waals surface area (Å²) >= 11 is 5.60. The first kappa shape index (κ1) is 14.1. The molecule has 0 amide bonds. The normalized spacial score (nSPS) is 11.8. The third-order valence-electron chi connectivity index (χ3n) is 2.29. The second-order valence-electron chi connectivity index (χ2n) is 3.86. The zero-order valence-electron chi connectivity index (χ0n) is 9.91. The number of thiazole rings is 1. The molecule has 0 unspecified atom stereocenters. The molecule has 0 radical (unpaired) electrons. The lowest BCUT2D eigenvalue weighted by molar-refractivity contribution is -0.137. The fraction of sp³-hybridized carbons (Fsp3) is 0.364. The first-order valence-electron chi connectivity index (χ1n) is 5.54. The van der Waals surface area contributed by atoms with E-state index in [9.17, 15) is 13.2 Å². The van der Waals surface area contributed by atoms with Gasteiger partial charge in [-0.2, -0.15) is 13.2 Å². The first-order chi connectivity index (χ1) is 8.90. The predicted molar refractivity (Wildman–Crippen MR) is 69.5 cm³/mol. The van der Waals surface area contributed by atoms with E-state index in [-0.39, 0.29) is 0 Å². The van der Waals surface area contributed by atoms with Gasteiger partial charge in [0.15, 0.2) is 5.01 Å². The summed E-state index contributed by atoms with van der Waals surface area (Å²) in [5.74, 6) is 0.673. The van der Waals surface area contributed by atoms with Gasteiger partial charge in [0, 0.05) is 12.6 Å². The van der Waals surface area contributed by atoms with Crippen molar-refractivity contribution in [2.24, 2.45) is 0 Å². The van der Waals surface area contributed by atoms with Crippen LogP contribution in [0, 0.1) is 4.64 Å². The lowest BCUT2D eigenvalue weighted by Crippen LogP contribution is -2.02. The van der Waals surface area contributed by atoms with Crippen molar-refractivity contribution in [3.8, 4) is 10.6 Å². The molecule has 2 rings (SSSR count). The van der Waals surface area contributed by atoms with E-state index in [0.29, 0.717) is 38.8 Å². The van der Waals surface area contributed by atoms with Crippen LogP contribution in [0.2, 0.25) is 0 Å². The Kier molecular flexibility index (Phi) is 4.00.